The molecule has 0 saturated heterocycles. The summed E-state index contributed by atoms with van der Waals surface area (Å²) in [6.45, 7) is 6.14. The highest BCUT2D eigenvalue weighted by Gasteiger charge is 2.89. The van der Waals surface area contributed by atoms with Gasteiger partial charge in [0.2, 0.25) is 0 Å². The third-order valence-corrected chi connectivity index (χ3v) is 6.18. The zero-order chi connectivity index (χ0) is 16.1. The molecule has 0 heterocycles. The lowest BCUT2D eigenvalue weighted by Gasteiger charge is -2.19. The van der Waals surface area contributed by atoms with Crippen molar-refractivity contribution >= 4 is 9.84 Å². The summed E-state index contributed by atoms with van der Waals surface area (Å²) in [6, 6.07) is 6.18. The second kappa shape index (κ2) is 4.74. The molecule has 6 heteroatoms. The van der Waals surface area contributed by atoms with Crippen LogP contribution in [-0.4, -0.2) is 32.3 Å². The van der Waals surface area contributed by atoms with Gasteiger partial charge in [-0.3, -0.25) is 0 Å². The number of alkyl halides is 2. The summed E-state index contributed by atoms with van der Waals surface area (Å²) in [5.74, 6) is -3.87. The molecule has 1 aliphatic carbocycles. The van der Waals surface area contributed by atoms with Crippen molar-refractivity contribution in [2.24, 2.45) is 5.41 Å². The number of aryl methyl sites for hydroxylation is 1. The van der Waals surface area contributed by atoms with Gasteiger partial charge in [0.1, 0.15) is 0 Å². The van der Waals surface area contributed by atoms with Crippen molar-refractivity contribution < 1.29 is 21.9 Å². The van der Waals surface area contributed by atoms with E-state index in [1.54, 1.807) is 19.1 Å². The zero-order valence-corrected chi connectivity index (χ0v) is 13.4. The Kier molecular flexibility index (Phi) is 3.70. The van der Waals surface area contributed by atoms with Gasteiger partial charge in [-0.25, -0.2) is 17.2 Å². The van der Waals surface area contributed by atoms with Gasteiger partial charge in [-0.05, 0) is 26.0 Å². The van der Waals surface area contributed by atoms with E-state index in [0.29, 0.717) is 0 Å². The average molecular weight is 318 g/mol. The Balaban J connectivity index is 2.37. The van der Waals surface area contributed by atoms with Crippen LogP contribution in [0.3, 0.4) is 0 Å². The fraction of sp³-hybridized carbons (Fsp3) is 0.600. The molecule has 1 unspecified atom stereocenters. The first-order valence-electron chi connectivity index (χ1n) is 6.83. The fourth-order valence-corrected chi connectivity index (χ4v) is 4.62. The topological polar surface area (TPSA) is 43.4 Å². The van der Waals surface area contributed by atoms with Gasteiger partial charge in [0.15, 0.2) is 15.4 Å². The van der Waals surface area contributed by atoms with Gasteiger partial charge in [-0.15, -0.1) is 0 Å². The molecule has 118 valence electrons. The normalized spacial score (nSPS) is 26.6. The number of sulfone groups is 1. The van der Waals surface area contributed by atoms with E-state index in [0.717, 1.165) is 5.56 Å². The molecule has 0 radical (unpaired) electrons. The third-order valence-electron chi connectivity index (χ3n) is 4.40. The number of ether oxygens (including phenoxy) is 1. The second-order valence-corrected chi connectivity index (χ2v) is 8.02. The van der Waals surface area contributed by atoms with Crippen molar-refractivity contribution in [3.8, 4) is 0 Å². The molecule has 0 bridgehead atoms. The predicted octanol–water partition coefficient (Wildman–Crippen LogP) is 3.22. The highest BCUT2D eigenvalue weighted by molar-refractivity contribution is 7.91. The van der Waals surface area contributed by atoms with Gasteiger partial charge in [0.05, 0.1) is 16.1 Å². The number of hydrogen-bond donors (Lipinski definition) is 0. The van der Waals surface area contributed by atoms with E-state index in [1.807, 2.05) is 6.92 Å². The molecule has 2 rings (SSSR count). The van der Waals surface area contributed by atoms with Gasteiger partial charge in [-0.2, -0.15) is 0 Å². The Morgan fingerprint density at radius 3 is 2.00 bits per heavy atom. The van der Waals surface area contributed by atoms with Crippen molar-refractivity contribution in [3.05, 3.63) is 29.8 Å². The van der Waals surface area contributed by atoms with Crippen LogP contribution in [-0.2, 0) is 14.6 Å². The molecule has 1 aliphatic rings. The van der Waals surface area contributed by atoms with Crippen LogP contribution in [0.25, 0.3) is 0 Å². The first-order valence-corrected chi connectivity index (χ1v) is 8.48. The molecule has 0 aromatic heterocycles. The van der Waals surface area contributed by atoms with Crippen molar-refractivity contribution in [2.75, 3.05) is 12.4 Å². The van der Waals surface area contributed by atoms with E-state index < -0.39 is 32.5 Å². The van der Waals surface area contributed by atoms with E-state index in [-0.39, 0.29) is 11.5 Å². The van der Waals surface area contributed by atoms with Gasteiger partial charge < -0.3 is 4.74 Å². The Morgan fingerprint density at radius 1 is 1.14 bits per heavy atom. The summed E-state index contributed by atoms with van der Waals surface area (Å²) in [6.07, 6.45) is 0. The molecule has 1 saturated carbocycles. The van der Waals surface area contributed by atoms with Gasteiger partial charge in [-0.1, -0.05) is 31.5 Å². The maximum absolute atomic E-state index is 14.1. The van der Waals surface area contributed by atoms with Crippen molar-refractivity contribution in [2.45, 2.75) is 44.1 Å². The maximum atomic E-state index is 14.1. The lowest BCUT2D eigenvalue weighted by Crippen LogP contribution is -2.34. The smallest absolute Gasteiger partial charge is 0.286 e. The van der Waals surface area contributed by atoms with Gasteiger partial charge in [0.25, 0.3) is 5.92 Å². The van der Waals surface area contributed by atoms with E-state index in [4.69, 9.17) is 4.74 Å². The third kappa shape index (κ3) is 2.19. The van der Waals surface area contributed by atoms with E-state index in [2.05, 4.69) is 0 Å². The molecule has 0 N–H and O–H groups in total. The summed E-state index contributed by atoms with van der Waals surface area (Å²) >= 11 is 0. The predicted molar refractivity (Wildman–Crippen MR) is 76.3 cm³/mol. The van der Waals surface area contributed by atoms with Crippen LogP contribution in [0.1, 0.15) is 26.3 Å². The summed E-state index contributed by atoms with van der Waals surface area (Å²) < 4.78 is 58.4. The Labute approximate surface area is 124 Å². The lowest BCUT2D eigenvalue weighted by molar-refractivity contribution is -0.0384. The number of hydrogen-bond acceptors (Lipinski definition) is 3. The number of benzene rings is 1. The van der Waals surface area contributed by atoms with E-state index in [1.165, 1.54) is 26.0 Å². The number of rotatable bonds is 5. The molecular weight excluding hydrogens is 298 g/mol. The van der Waals surface area contributed by atoms with E-state index in [9.17, 15) is 17.2 Å². The lowest BCUT2D eigenvalue weighted by atomic mass is 10.1. The van der Waals surface area contributed by atoms with Crippen molar-refractivity contribution in [1.82, 2.24) is 0 Å². The summed E-state index contributed by atoms with van der Waals surface area (Å²) in [5.41, 5.74) is -2.53. The minimum Gasteiger partial charge on any atom is -0.367 e. The van der Waals surface area contributed by atoms with Crippen molar-refractivity contribution in [1.29, 1.82) is 0 Å². The highest BCUT2D eigenvalue weighted by atomic mass is 32.2. The first kappa shape index (κ1) is 16.4. The van der Waals surface area contributed by atoms with Crippen LogP contribution in [0.15, 0.2) is 29.2 Å². The van der Waals surface area contributed by atoms with Crippen LogP contribution in [0.4, 0.5) is 8.78 Å². The quantitative estimate of drug-likeness (QED) is 0.837. The van der Waals surface area contributed by atoms with Gasteiger partial charge >= 0.3 is 0 Å². The second-order valence-electron chi connectivity index (χ2n) is 6.03. The van der Waals surface area contributed by atoms with E-state index >= 15 is 0 Å². The maximum Gasteiger partial charge on any atom is 0.286 e. The minimum atomic E-state index is -3.84. The zero-order valence-electron chi connectivity index (χ0n) is 12.6. The van der Waals surface area contributed by atoms with Crippen LogP contribution >= 0.6 is 0 Å². The van der Waals surface area contributed by atoms with Gasteiger partial charge in [0, 0.05) is 6.61 Å². The summed E-state index contributed by atoms with van der Waals surface area (Å²) in [4.78, 5) is 0.0469. The van der Waals surface area contributed by atoms with Crippen molar-refractivity contribution in [3.63, 3.8) is 0 Å². The molecule has 1 aromatic carbocycles. The monoisotopic (exact) mass is 318 g/mol. The highest BCUT2D eigenvalue weighted by Crippen LogP contribution is 2.71. The molecule has 3 nitrogen and oxygen atoms in total. The summed E-state index contributed by atoms with van der Waals surface area (Å²) in [5, 5.41) is 0. The van der Waals surface area contributed by atoms with Crippen LogP contribution in [0.2, 0.25) is 0 Å². The average Bonchev–Trinajstić information content (AvgIpc) is 2.68. The standard InChI is InChI=1S/C15H20F2O3S/c1-5-20-14(13(3,4)15(14,16)17)10-21(18,19)12-8-6-11(2)7-9-12/h6-9H,5,10H2,1-4H3. The minimum absolute atomic E-state index is 0.0441. The molecule has 1 aromatic rings. The largest absolute Gasteiger partial charge is 0.367 e. The Bertz CT molecular complexity index is 619. The van der Waals surface area contributed by atoms with Crippen LogP contribution < -0.4 is 0 Å². The molecular formula is C15H20F2O3S. The fourth-order valence-electron chi connectivity index (χ4n) is 2.74. The van der Waals surface area contributed by atoms with Crippen LogP contribution in [0, 0.1) is 12.3 Å². The Hall–Kier alpha value is -1.01. The molecule has 0 spiro atoms. The summed E-state index contributed by atoms with van der Waals surface area (Å²) in [7, 11) is -3.84. The molecule has 21 heavy (non-hydrogen) atoms. The SMILES string of the molecule is CCOC1(CS(=O)(=O)c2ccc(C)cc2)C(C)(C)C1(F)F. The molecule has 0 amide bonds. The molecule has 1 fully saturated rings. The molecule has 0 aliphatic heterocycles. The number of halogens is 2. The first-order chi connectivity index (χ1) is 9.52. The Morgan fingerprint density at radius 2 is 1.62 bits per heavy atom. The van der Waals surface area contributed by atoms with Crippen LogP contribution in [0.5, 0.6) is 0 Å². The molecule has 1 atom stereocenters.